The van der Waals surface area contributed by atoms with E-state index in [2.05, 4.69) is 17.6 Å². The molecule has 1 rings (SSSR count). The molecule has 0 fully saturated rings. The number of nitrogens with one attached hydrogen (secondary N) is 2. The lowest BCUT2D eigenvalue weighted by atomic mass is 10.2. The van der Waals surface area contributed by atoms with Crippen molar-refractivity contribution in [3.8, 4) is 0 Å². The van der Waals surface area contributed by atoms with Gasteiger partial charge in [-0.15, -0.1) is 0 Å². The molecule has 1 aromatic carbocycles. The molecule has 15 heavy (non-hydrogen) atoms. The SMILES string of the molecule is CCCNCc1cccc(NC(N)=O)c1. The van der Waals surface area contributed by atoms with E-state index in [1.54, 1.807) is 0 Å². The fourth-order valence-corrected chi connectivity index (χ4v) is 1.31. The highest BCUT2D eigenvalue weighted by Gasteiger charge is 1.97. The number of nitrogens with two attached hydrogens (primary N) is 1. The Kier molecular flexibility index (Phi) is 4.63. The Balaban J connectivity index is 2.53. The molecule has 4 heteroatoms. The average Bonchev–Trinajstić information content (AvgIpc) is 2.18. The number of benzene rings is 1. The maximum absolute atomic E-state index is 10.6. The maximum Gasteiger partial charge on any atom is 0.316 e. The normalized spacial score (nSPS) is 9.93. The first-order chi connectivity index (χ1) is 7.22. The molecule has 0 saturated carbocycles. The van der Waals surface area contributed by atoms with E-state index in [-0.39, 0.29) is 0 Å². The first-order valence-corrected chi connectivity index (χ1v) is 5.08. The van der Waals surface area contributed by atoms with Crippen LogP contribution < -0.4 is 16.4 Å². The minimum Gasteiger partial charge on any atom is -0.351 e. The van der Waals surface area contributed by atoms with Crippen LogP contribution in [0.3, 0.4) is 0 Å². The molecule has 0 unspecified atom stereocenters. The van der Waals surface area contributed by atoms with Crippen LogP contribution in [0, 0.1) is 0 Å². The van der Waals surface area contributed by atoms with Gasteiger partial charge in [0.1, 0.15) is 0 Å². The highest BCUT2D eigenvalue weighted by molar-refractivity contribution is 5.87. The summed E-state index contributed by atoms with van der Waals surface area (Å²) in [5.74, 6) is 0. The summed E-state index contributed by atoms with van der Waals surface area (Å²) in [6.45, 7) is 3.92. The van der Waals surface area contributed by atoms with Gasteiger partial charge in [-0.25, -0.2) is 4.79 Å². The predicted octanol–water partition coefficient (Wildman–Crippen LogP) is 1.68. The van der Waals surface area contributed by atoms with Crippen molar-refractivity contribution < 1.29 is 4.79 Å². The number of carbonyl (C=O) groups excluding carboxylic acids is 1. The Morgan fingerprint density at radius 2 is 2.27 bits per heavy atom. The largest absolute Gasteiger partial charge is 0.351 e. The average molecular weight is 207 g/mol. The monoisotopic (exact) mass is 207 g/mol. The Labute approximate surface area is 89.9 Å². The third-order valence-electron chi connectivity index (χ3n) is 1.95. The molecule has 0 atom stereocenters. The van der Waals surface area contributed by atoms with Crippen molar-refractivity contribution in [3.05, 3.63) is 29.8 Å². The van der Waals surface area contributed by atoms with Crippen molar-refractivity contribution in [1.82, 2.24) is 5.32 Å². The quantitative estimate of drug-likeness (QED) is 0.643. The van der Waals surface area contributed by atoms with Gasteiger partial charge in [0.25, 0.3) is 0 Å². The van der Waals surface area contributed by atoms with Crippen molar-refractivity contribution in [2.24, 2.45) is 5.73 Å². The second kappa shape index (κ2) is 6.03. The number of hydrogen-bond donors (Lipinski definition) is 3. The standard InChI is InChI=1S/C11H17N3O/c1-2-6-13-8-9-4-3-5-10(7-9)14-11(12)15/h3-5,7,13H,2,6,8H2,1H3,(H3,12,14,15). The Morgan fingerprint density at radius 1 is 1.47 bits per heavy atom. The van der Waals surface area contributed by atoms with Crippen molar-refractivity contribution in [2.45, 2.75) is 19.9 Å². The molecular formula is C11H17N3O. The molecule has 2 amide bonds. The van der Waals surface area contributed by atoms with E-state index in [0.29, 0.717) is 0 Å². The van der Waals surface area contributed by atoms with Crippen molar-refractivity contribution in [1.29, 1.82) is 0 Å². The Hall–Kier alpha value is -1.55. The van der Waals surface area contributed by atoms with Crippen LogP contribution in [-0.4, -0.2) is 12.6 Å². The fourth-order valence-electron chi connectivity index (χ4n) is 1.31. The van der Waals surface area contributed by atoms with Crippen LogP contribution >= 0.6 is 0 Å². The minimum atomic E-state index is -0.534. The molecule has 0 saturated heterocycles. The Bertz CT molecular complexity index is 325. The molecule has 0 bridgehead atoms. The summed E-state index contributed by atoms with van der Waals surface area (Å²) in [4.78, 5) is 10.6. The van der Waals surface area contributed by atoms with Gasteiger partial charge in [0.05, 0.1) is 0 Å². The summed E-state index contributed by atoms with van der Waals surface area (Å²) >= 11 is 0. The van der Waals surface area contributed by atoms with E-state index in [0.717, 1.165) is 30.8 Å². The van der Waals surface area contributed by atoms with Crippen LogP contribution in [0.15, 0.2) is 24.3 Å². The third-order valence-corrected chi connectivity index (χ3v) is 1.95. The van der Waals surface area contributed by atoms with Crippen LogP contribution in [0.4, 0.5) is 10.5 Å². The van der Waals surface area contributed by atoms with Crippen LogP contribution in [0.5, 0.6) is 0 Å². The lowest BCUT2D eigenvalue weighted by Gasteiger charge is -2.06. The van der Waals surface area contributed by atoms with Crippen LogP contribution in [0.2, 0.25) is 0 Å². The molecule has 1 aromatic rings. The molecular weight excluding hydrogens is 190 g/mol. The molecule has 0 radical (unpaired) electrons. The first-order valence-electron chi connectivity index (χ1n) is 5.08. The summed E-state index contributed by atoms with van der Waals surface area (Å²) < 4.78 is 0. The van der Waals surface area contributed by atoms with Gasteiger partial charge < -0.3 is 16.4 Å². The van der Waals surface area contributed by atoms with Gasteiger partial charge in [-0.3, -0.25) is 0 Å². The molecule has 0 aliphatic carbocycles. The van der Waals surface area contributed by atoms with Gasteiger partial charge >= 0.3 is 6.03 Å². The van der Waals surface area contributed by atoms with E-state index < -0.39 is 6.03 Å². The number of primary amides is 1. The summed E-state index contributed by atoms with van der Waals surface area (Å²) in [6.07, 6.45) is 1.11. The van der Waals surface area contributed by atoms with Crippen LogP contribution in [-0.2, 0) is 6.54 Å². The minimum absolute atomic E-state index is 0.534. The lowest BCUT2D eigenvalue weighted by Crippen LogP contribution is -2.19. The topological polar surface area (TPSA) is 67.2 Å². The van der Waals surface area contributed by atoms with Gasteiger partial charge in [-0.05, 0) is 30.7 Å². The molecule has 4 nitrogen and oxygen atoms in total. The van der Waals surface area contributed by atoms with Gasteiger partial charge in [-0.2, -0.15) is 0 Å². The van der Waals surface area contributed by atoms with Gasteiger partial charge in [0.2, 0.25) is 0 Å². The van der Waals surface area contributed by atoms with E-state index >= 15 is 0 Å². The first kappa shape index (κ1) is 11.5. The fraction of sp³-hybridized carbons (Fsp3) is 0.364. The number of anilines is 1. The van der Waals surface area contributed by atoms with Crippen molar-refractivity contribution in [3.63, 3.8) is 0 Å². The zero-order chi connectivity index (χ0) is 11.1. The summed E-state index contributed by atoms with van der Waals surface area (Å²) in [7, 11) is 0. The summed E-state index contributed by atoms with van der Waals surface area (Å²) in [5, 5.41) is 5.83. The molecule has 0 aromatic heterocycles. The molecule has 0 spiro atoms. The molecule has 82 valence electrons. The molecule has 0 heterocycles. The van der Waals surface area contributed by atoms with E-state index in [1.807, 2.05) is 24.3 Å². The third kappa shape index (κ3) is 4.46. The van der Waals surface area contributed by atoms with Gasteiger partial charge in [-0.1, -0.05) is 19.1 Å². The molecule has 0 aliphatic heterocycles. The second-order valence-corrected chi connectivity index (χ2v) is 3.37. The predicted molar refractivity (Wildman–Crippen MR) is 61.6 cm³/mol. The highest BCUT2D eigenvalue weighted by atomic mass is 16.2. The van der Waals surface area contributed by atoms with E-state index in [1.165, 1.54) is 0 Å². The zero-order valence-corrected chi connectivity index (χ0v) is 8.92. The number of rotatable bonds is 5. The second-order valence-electron chi connectivity index (χ2n) is 3.37. The highest BCUT2D eigenvalue weighted by Crippen LogP contribution is 2.09. The smallest absolute Gasteiger partial charge is 0.316 e. The lowest BCUT2D eigenvalue weighted by molar-refractivity contribution is 0.259. The molecule has 0 aliphatic rings. The van der Waals surface area contributed by atoms with Crippen molar-refractivity contribution in [2.75, 3.05) is 11.9 Å². The Morgan fingerprint density at radius 3 is 2.93 bits per heavy atom. The number of urea groups is 1. The number of hydrogen-bond acceptors (Lipinski definition) is 2. The number of carbonyl (C=O) groups is 1. The van der Waals surface area contributed by atoms with E-state index in [4.69, 9.17) is 5.73 Å². The van der Waals surface area contributed by atoms with Gasteiger partial charge in [0.15, 0.2) is 0 Å². The van der Waals surface area contributed by atoms with Crippen LogP contribution in [0.25, 0.3) is 0 Å². The van der Waals surface area contributed by atoms with E-state index in [9.17, 15) is 4.79 Å². The molecule has 4 N–H and O–H groups in total. The van der Waals surface area contributed by atoms with Crippen molar-refractivity contribution >= 4 is 11.7 Å². The maximum atomic E-state index is 10.6. The summed E-state index contributed by atoms with van der Waals surface area (Å²) in [6, 6.07) is 7.10. The number of amides is 2. The van der Waals surface area contributed by atoms with Crippen LogP contribution in [0.1, 0.15) is 18.9 Å². The van der Waals surface area contributed by atoms with Gasteiger partial charge in [0, 0.05) is 12.2 Å². The zero-order valence-electron chi connectivity index (χ0n) is 8.92. The summed E-state index contributed by atoms with van der Waals surface area (Å²) in [5.41, 5.74) is 6.90.